The summed E-state index contributed by atoms with van der Waals surface area (Å²) < 4.78 is 1.94. The first kappa shape index (κ1) is 20.7. The monoisotopic (exact) mass is 414 g/mol. The first-order chi connectivity index (χ1) is 15.1. The van der Waals surface area contributed by atoms with Crippen molar-refractivity contribution < 1.29 is 14.7 Å². The number of carboxylic acid groups (broad SMARTS) is 1. The number of aliphatic carboxylic acids is 1. The van der Waals surface area contributed by atoms with Crippen LogP contribution in [0.1, 0.15) is 41.2 Å². The summed E-state index contributed by atoms with van der Waals surface area (Å²) in [4.78, 5) is 24.4. The Balaban J connectivity index is 1.44. The molecule has 31 heavy (non-hydrogen) atoms. The molecule has 3 aromatic carbocycles. The summed E-state index contributed by atoms with van der Waals surface area (Å²) in [5.41, 5.74) is 3.62. The van der Waals surface area contributed by atoms with Crippen molar-refractivity contribution in [1.82, 2.24) is 9.88 Å². The molecule has 0 aliphatic heterocycles. The third-order valence-corrected chi connectivity index (χ3v) is 5.72. The van der Waals surface area contributed by atoms with E-state index in [1.807, 2.05) is 84.3 Å². The highest BCUT2D eigenvalue weighted by molar-refractivity contribution is 6.08. The summed E-state index contributed by atoms with van der Waals surface area (Å²) in [7, 11) is 0. The predicted octanol–water partition coefficient (Wildman–Crippen LogP) is 5.33. The number of carbonyl (C=O) groups is 2. The Hall–Kier alpha value is -3.60. The van der Waals surface area contributed by atoms with E-state index in [2.05, 4.69) is 5.32 Å². The normalized spacial score (nSPS) is 12.2. The lowest BCUT2D eigenvalue weighted by atomic mass is 10.1. The van der Waals surface area contributed by atoms with E-state index in [9.17, 15) is 14.7 Å². The van der Waals surface area contributed by atoms with E-state index in [1.165, 1.54) is 0 Å². The SMILES string of the molecule is Cc1ccc(C(=O)NCCCCC(C(=O)O)n2c3ccccc3c3ccccc32)cc1. The summed E-state index contributed by atoms with van der Waals surface area (Å²) in [6.45, 7) is 2.50. The van der Waals surface area contributed by atoms with Gasteiger partial charge in [-0.15, -0.1) is 0 Å². The third-order valence-electron chi connectivity index (χ3n) is 5.72. The number of hydrogen-bond acceptors (Lipinski definition) is 2. The average molecular weight is 415 g/mol. The highest BCUT2D eigenvalue weighted by atomic mass is 16.4. The Bertz CT molecular complexity index is 1170. The molecule has 0 radical (unpaired) electrons. The molecule has 1 atom stereocenters. The molecule has 1 heterocycles. The number of para-hydroxylation sites is 2. The van der Waals surface area contributed by atoms with E-state index in [4.69, 9.17) is 0 Å². The van der Waals surface area contributed by atoms with E-state index in [0.717, 1.165) is 33.8 Å². The lowest BCUT2D eigenvalue weighted by Gasteiger charge is -2.17. The van der Waals surface area contributed by atoms with Crippen LogP contribution in [-0.4, -0.2) is 28.1 Å². The number of benzene rings is 3. The Morgan fingerprint density at radius 3 is 2.03 bits per heavy atom. The number of unbranched alkanes of at least 4 members (excludes halogenated alkanes) is 1. The van der Waals surface area contributed by atoms with Crippen LogP contribution >= 0.6 is 0 Å². The van der Waals surface area contributed by atoms with Crippen molar-refractivity contribution in [3.8, 4) is 0 Å². The Kier molecular flexibility index (Phi) is 6.03. The van der Waals surface area contributed by atoms with Gasteiger partial charge >= 0.3 is 5.97 Å². The number of aryl methyl sites for hydroxylation is 1. The van der Waals surface area contributed by atoms with Crippen LogP contribution in [0.4, 0.5) is 0 Å². The van der Waals surface area contributed by atoms with Crippen LogP contribution in [0.5, 0.6) is 0 Å². The molecule has 158 valence electrons. The minimum absolute atomic E-state index is 0.0998. The number of nitrogens with zero attached hydrogens (tertiary/aromatic N) is 1. The number of amides is 1. The molecule has 0 spiro atoms. The number of hydrogen-bond donors (Lipinski definition) is 2. The van der Waals surface area contributed by atoms with Gasteiger partial charge in [-0.3, -0.25) is 4.79 Å². The van der Waals surface area contributed by atoms with Gasteiger partial charge in [-0.1, -0.05) is 54.1 Å². The second kappa shape index (κ2) is 9.04. The zero-order valence-corrected chi connectivity index (χ0v) is 17.5. The van der Waals surface area contributed by atoms with E-state index in [0.29, 0.717) is 24.9 Å². The fraction of sp³-hybridized carbons (Fsp3) is 0.231. The average Bonchev–Trinajstić information content (AvgIpc) is 3.11. The fourth-order valence-corrected chi connectivity index (χ4v) is 4.12. The van der Waals surface area contributed by atoms with Crippen molar-refractivity contribution in [2.45, 2.75) is 32.2 Å². The summed E-state index contributed by atoms with van der Waals surface area (Å²) in [5.74, 6) is -0.938. The molecule has 0 aliphatic rings. The topological polar surface area (TPSA) is 71.3 Å². The van der Waals surface area contributed by atoms with Gasteiger partial charge in [0.2, 0.25) is 0 Å². The molecule has 0 bridgehead atoms. The molecule has 5 heteroatoms. The molecular weight excluding hydrogens is 388 g/mol. The van der Waals surface area contributed by atoms with Crippen molar-refractivity contribution >= 4 is 33.7 Å². The molecule has 2 N–H and O–H groups in total. The van der Waals surface area contributed by atoms with Gasteiger partial charge in [0.1, 0.15) is 6.04 Å². The quantitative estimate of drug-likeness (QED) is 0.383. The maximum Gasteiger partial charge on any atom is 0.326 e. The molecule has 0 fully saturated rings. The molecule has 1 unspecified atom stereocenters. The minimum atomic E-state index is -0.838. The highest BCUT2D eigenvalue weighted by Gasteiger charge is 2.23. The van der Waals surface area contributed by atoms with Crippen molar-refractivity contribution in [1.29, 1.82) is 0 Å². The van der Waals surface area contributed by atoms with Gasteiger partial charge in [0.25, 0.3) is 5.91 Å². The first-order valence-electron chi connectivity index (χ1n) is 10.6. The zero-order valence-electron chi connectivity index (χ0n) is 17.5. The van der Waals surface area contributed by atoms with Crippen LogP contribution in [0.3, 0.4) is 0 Å². The molecule has 0 saturated heterocycles. The molecule has 4 aromatic rings. The van der Waals surface area contributed by atoms with Gasteiger partial charge in [0, 0.05) is 33.9 Å². The molecule has 0 saturated carbocycles. The minimum Gasteiger partial charge on any atom is -0.480 e. The zero-order chi connectivity index (χ0) is 21.8. The summed E-state index contributed by atoms with van der Waals surface area (Å²) >= 11 is 0. The van der Waals surface area contributed by atoms with Gasteiger partial charge in [0.15, 0.2) is 0 Å². The van der Waals surface area contributed by atoms with Gasteiger partial charge in [-0.05, 0) is 50.5 Å². The smallest absolute Gasteiger partial charge is 0.326 e. The van der Waals surface area contributed by atoms with Crippen LogP contribution in [-0.2, 0) is 4.79 Å². The lowest BCUT2D eigenvalue weighted by molar-refractivity contribution is -0.140. The molecule has 1 aromatic heterocycles. The largest absolute Gasteiger partial charge is 0.480 e. The number of carbonyl (C=O) groups excluding carboxylic acids is 1. The maximum absolute atomic E-state index is 12.2. The van der Waals surface area contributed by atoms with Crippen LogP contribution in [0, 0.1) is 6.92 Å². The summed E-state index contributed by atoms with van der Waals surface area (Å²) in [5, 5.41) is 15.0. The Labute approximate surface area is 181 Å². The summed E-state index contributed by atoms with van der Waals surface area (Å²) in [6, 6.07) is 22.7. The maximum atomic E-state index is 12.2. The molecular formula is C26H26N2O3. The lowest BCUT2D eigenvalue weighted by Crippen LogP contribution is -2.25. The van der Waals surface area contributed by atoms with Gasteiger partial charge in [0.05, 0.1) is 0 Å². The molecule has 1 amide bonds. The number of fused-ring (bicyclic) bond motifs is 3. The van der Waals surface area contributed by atoms with Crippen molar-refractivity contribution in [2.75, 3.05) is 6.54 Å². The fourth-order valence-electron chi connectivity index (χ4n) is 4.12. The number of aromatic nitrogens is 1. The Morgan fingerprint density at radius 2 is 1.45 bits per heavy atom. The van der Waals surface area contributed by atoms with E-state index in [-0.39, 0.29) is 5.91 Å². The van der Waals surface area contributed by atoms with Crippen molar-refractivity contribution in [3.63, 3.8) is 0 Å². The predicted molar refractivity (Wildman–Crippen MR) is 123 cm³/mol. The van der Waals surface area contributed by atoms with Crippen LogP contribution in [0.25, 0.3) is 21.8 Å². The summed E-state index contributed by atoms with van der Waals surface area (Å²) in [6.07, 6.45) is 1.92. The van der Waals surface area contributed by atoms with E-state index in [1.54, 1.807) is 0 Å². The third kappa shape index (κ3) is 4.31. The van der Waals surface area contributed by atoms with E-state index >= 15 is 0 Å². The van der Waals surface area contributed by atoms with Crippen molar-refractivity contribution in [2.24, 2.45) is 0 Å². The second-order valence-electron chi connectivity index (χ2n) is 7.88. The van der Waals surface area contributed by atoms with Gasteiger partial charge < -0.3 is 15.0 Å². The van der Waals surface area contributed by atoms with E-state index < -0.39 is 12.0 Å². The number of nitrogens with one attached hydrogen (secondary N) is 1. The standard InChI is InChI=1S/C26H26N2O3/c1-18-13-15-19(16-14-18)25(29)27-17-7-6-12-24(26(30)31)28-22-10-4-2-8-20(22)21-9-3-5-11-23(21)28/h2-5,8-11,13-16,24H,6-7,12,17H2,1H3,(H,27,29)(H,30,31). The van der Waals surface area contributed by atoms with Crippen molar-refractivity contribution in [3.05, 3.63) is 83.9 Å². The highest BCUT2D eigenvalue weighted by Crippen LogP contribution is 2.33. The second-order valence-corrected chi connectivity index (χ2v) is 7.88. The Morgan fingerprint density at radius 1 is 0.871 bits per heavy atom. The van der Waals surface area contributed by atoms with Crippen LogP contribution in [0.2, 0.25) is 0 Å². The molecule has 0 aliphatic carbocycles. The van der Waals surface area contributed by atoms with Gasteiger partial charge in [-0.25, -0.2) is 4.79 Å². The van der Waals surface area contributed by atoms with Gasteiger partial charge in [-0.2, -0.15) is 0 Å². The van der Waals surface area contributed by atoms with Crippen LogP contribution < -0.4 is 5.32 Å². The molecule has 4 rings (SSSR count). The number of carboxylic acids is 1. The number of rotatable bonds is 8. The molecule has 5 nitrogen and oxygen atoms in total. The van der Waals surface area contributed by atoms with Crippen LogP contribution in [0.15, 0.2) is 72.8 Å². The first-order valence-corrected chi connectivity index (χ1v) is 10.6.